The molecule has 3 aromatic rings. The first-order chi connectivity index (χ1) is 12.4. The predicted octanol–water partition coefficient (Wildman–Crippen LogP) is 4.24. The second kappa shape index (κ2) is 7.38. The number of nitrogens with one attached hydrogen (secondary N) is 2. The van der Waals surface area contributed by atoms with Gasteiger partial charge in [0.1, 0.15) is 4.90 Å². The van der Waals surface area contributed by atoms with Crippen LogP contribution in [0.5, 0.6) is 0 Å². The molecule has 0 unspecified atom stereocenters. The monoisotopic (exact) mass is 368 g/mol. The van der Waals surface area contributed by atoms with Gasteiger partial charge in [0.2, 0.25) is 0 Å². The van der Waals surface area contributed by atoms with Gasteiger partial charge in [0.15, 0.2) is 0 Å². The fraction of sp³-hybridized carbons (Fsp3) is 0. The van der Waals surface area contributed by atoms with Gasteiger partial charge in [-0.3, -0.25) is 4.55 Å². The van der Waals surface area contributed by atoms with E-state index in [9.17, 15) is 17.8 Å². The Balaban J connectivity index is 2.00. The summed E-state index contributed by atoms with van der Waals surface area (Å²) in [5, 5.41) is 5.31. The van der Waals surface area contributed by atoms with Crippen molar-refractivity contribution in [2.75, 3.05) is 10.6 Å². The van der Waals surface area contributed by atoms with Crippen LogP contribution in [0.1, 0.15) is 0 Å². The van der Waals surface area contributed by atoms with Gasteiger partial charge in [-0.05, 0) is 29.8 Å². The Kier molecular flexibility index (Phi) is 5.01. The molecular formula is C19H16N2O4S. The van der Waals surface area contributed by atoms with Gasteiger partial charge in [0.05, 0.1) is 5.69 Å². The maximum Gasteiger partial charge on any atom is 0.323 e. The van der Waals surface area contributed by atoms with Crippen molar-refractivity contribution in [3.05, 3.63) is 78.9 Å². The zero-order valence-electron chi connectivity index (χ0n) is 13.6. The maximum atomic E-state index is 12.3. The Morgan fingerprint density at radius 2 is 1.38 bits per heavy atom. The van der Waals surface area contributed by atoms with Gasteiger partial charge in [-0.1, -0.05) is 54.6 Å². The van der Waals surface area contributed by atoms with Gasteiger partial charge in [-0.25, -0.2) is 4.79 Å². The summed E-state index contributed by atoms with van der Waals surface area (Å²) in [5.41, 5.74) is 1.63. The molecule has 6 nitrogen and oxygen atoms in total. The third-order valence-corrected chi connectivity index (χ3v) is 4.54. The van der Waals surface area contributed by atoms with Gasteiger partial charge in [0.25, 0.3) is 10.1 Å². The number of rotatable bonds is 4. The van der Waals surface area contributed by atoms with Crippen molar-refractivity contribution in [3.63, 3.8) is 0 Å². The lowest BCUT2D eigenvalue weighted by Gasteiger charge is -2.15. The summed E-state index contributed by atoms with van der Waals surface area (Å²) in [6.45, 7) is 0. The van der Waals surface area contributed by atoms with Crippen LogP contribution in [0.25, 0.3) is 11.1 Å². The third-order valence-electron chi connectivity index (χ3n) is 3.65. The van der Waals surface area contributed by atoms with Gasteiger partial charge in [0, 0.05) is 11.3 Å². The fourth-order valence-electron chi connectivity index (χ4n) is 2.56. The number of carbonyl (C=O) groups is 1. The SMILES string of the molecule is O=C(Nc1ccccc1)Nc1cccc(S(=O)(=O)O)c1-c1ccccc1. The zero-order valence-corrected chi connectivity index (χ0v) is 14.4. The van der Waals surface area contributed by atoms with E-state index in [-0.39, 0.29) is 16.1 Å². The Morgan fingerprint density at radius 3 is 2.00 bits per heavy atom. The summed E-state index contributed by atoms with van der Waals surface area (Å²) in [4.78, 5) is 12.0. The van der Waals surface area contributed by atoms with Crippen LogP contribution < -0.4 is 10.6 Å². The Bertz CT molecular complexity index is 1020. The quantitative estimate of drug-likeness (QED) is 0.600. The summed E-state index contributed by atoms with van der Waals surface area (Å²) in [6, 6.07) is 21.3. The third kappa shape index (κ3) is 4.08. The molecule has 0 atom stereocenters. The van der Waals surface area contributed by atoms with Gasteiger partial charge in [-0.15, -0.1) is 0 Å². The zero-order chi connectivity index (χ0) is 18.6. The summed E-state index contributed by atoms with van der Waals surface area (Å²) in [6.07, 6.45) is 0. The molecule has 0 bridgehead atoms. The molecule has 0 saturated heterocycles. The molecule has 0 fully saturated rings. The van der Waals surface area contributed by atoms with E-state index in [1.54, 1.807) is 60.7 Å². The molecule has 7 heteroatoms. The van der Waals surface area contributed by atoms with Crippen LogP contribution in [-0.2, 0) is 10.1 Å². The van der Waals surface area contributed by atoms with E-state index in [1.165, 1.54) is 12.1 Å². The second-order valence-corrected chi connectivity index (χ2v) is 6.85. The van der Waals surface area contributed by atoms with Gasteiger partial charge in [-0.2, -0.15) is 8.42 Å². The molecule has 0 radical (unpaired) electrons. The Hall–Kier alpha value is -3.16. The molecule has 132 valence electrons. The number of hydrogen-bond donors (Lipinski definition) is 3. The molecule has 0 aromatic heterocycles. The summed E-state index contributed by atoms with van der Waals surface area (Å²) < 4.78 is 33.1. The highest BCUT2D eigenvalue weighted by molar-refractivity contribution is 7.86. The first-order valence-corrected chi connectivity index (χ1v) is 9.18. The van der Waals surface area contributed by atoms with Crippen LogP contribution in [0.3, 0.4) is 0 Å². The largest absolute Gasteiger partial charge is 0.323 e. The lowest BCUT2D eigenvalue weighted by atomic mass is 10.0. The molecule has 3 aromatic carbocycles. The van der Waals surface area contributed by atoms with Gasteiger partial charge < -0.3 is 10.6 Å². The van der Waals surface area contributed by atoms with Crippen molar-refractivity contribution in [2.24, 2.45) is 0 Å². The first-order valence-electron chi connectivity index (χ1n) is 7.74. The number of urea groups is 1. The molecule has 0 aliphatic rings. The molecule has 0 spiro atoms. The first kappa shape index (κ1) is 17.7. The number of para-hydroxylation sites is 1. The van der Waals surface area contributed by atoms with Crippen molar-refractivity contribution in [1.29, 1.82) is 0 Å². The van der Waals surface area contributed by atoms with Crippen molar-refractivity contribution >= 4 is 27.5 Å². The Morgan fingerprint density at radius 1 is 0.769 bits per heavy atom. The van der Waals surface area contributed by atoms with Crippen LogP contribution in [0, 0.1) is 0 Å². The van der Waals surface area contributed by atoms with E-state index in [0.717, 1.165) is 0 Å². The van der Waals surface area contributed by atoms with Crippen molar-refractivity contribution in [3.8, 4) is 11.1 Å². The minimum Gasteiger partial charge on any atom is -0.308 e. The molecule has 0 saturated carbocycles. The number of hydrogen-bond acceptors (Lipinski definition) is 3. The van der Waals surface area contributed by atoms with E-state index < -0.39 is 16.1 Å². The molecule has 3 rings (SSSR count). The van der Waals surface area contributed by atoms with Crippen LogP contribution in [0.4, 0.5) is 16.2 Å². The number of benzene rings is 3. The minimum absolute atomic E-state index is 0.221. The molecule has 2 amide bonds. The number of carbonyl (C=O) groups excluding carboxylic acids is 1. The number of amides is 2. The van der Waals surface area contributed by atoms with Crippen molar-refractivity contribution in [2.45, 2.75) is 4.90 Å². The smallest absolute Gasteiger partial charge is 0.308 e. The Labute approximate surface area is 151 Å². The van der Waals surface area contributed by atoms with E-state index in [0.29, 0.717) is 11.3 Å². The summed E-state index contributed by atoms with van der Waals surface area (Å²) in [7, 11) is -4.47. The van der Waals surface area contributed by atoms with Crippen molar-refractivity contribution < 1.29 is 17.8 Å². The second-order valence-electron chi connectivity index (χ2n) is 5.46. The van der Waals surface area contributed by atoms with E-state index in [1.807, 2.05) is 6.07 Å². The highest BCUT2D eigenvalue weighted by atomic mass is 32.2. The van der Waals surface area contributed by atoms with Gasteiger partial charge >= 0.3 is 6.03 Å². The minimum atomic E-state index is -4.47. The standard InChI is InChI=1S/C19H16N2O4S/c22-19(20-15-10-5-2-6-11-15)21-16-12-7-13-17(26(23,24)25)18(16)14-8-3-1-4-9-14/h1-13H,(H2,20,21,22)(H,23,24,25). The number of anilines is 2. The highest BCUT2D eigenvalue weighted by Crippen LogP contribution is 2.34. The van der Waals surface area contributed by atoms with Crippen molar-refractivity contribution in [1.82, 2.24) is 0 Å². The van der Waals surface area contributed by atoms with Crippen LogP contribution in [-0.4, -0.2) is 19.0 Å². The van der Waals surface area contributed by atoms with Crippen LogP contribution >= 0.6 is 0 Å². The van der Waals surface area contributed by atoms with E-state index in [4.69, 9.17) is 0 Å². The fourth-order valence-corrected chi connectivity index (χ4v) is 3.30. The van der Waals surface area contributed by atoms with E-state index in [2.05, 4.69) is 10.6 Å². The summed E-state index contributed by atoms with van der Waals surface area (Å²) >= 11 is 0. The molecular weight excluding hydrogens is 352 g/mol. The average molecular weight is 368 g/mol. The van der Waals surface area contributed by atoms with Crippen LogP contribution in [0.15, 0.2) is 83.8 Å². The lowest BCUT2D eigenvalue weighted by molar-refractivity contribution is 0.262. The normalized spacial score (nSPS) is 11.0. The van der Waals surface area contributed by atoms with E-state index >= 15 is 0 Å². The highest BCUT2D eigenvalue weighted by Gasteiger charge is 2.20. The lowest BCUT2D eigenvalue weighted by Crippen LogP contribution is -2.20. The average Bonchev–Trinajstić information content (AvgIpc) is 2.62. The molecule has 0 heterocycles. The molecule has 26 heavy (non-hydrogen) atoms. The summed E-state index contributed by atoms with van der Waals surface area (Å²) in [5.74, 6) is 0. The van der Waals surface area contributed by atoms with Crippen LogP contribution in [0.2, 0.25) is 0 Å². The maximum absolute atomic E-state index is 12.3. The molecule has 0 aliphatic heterocycles. The molecule has 3 N–H and O–H groups in total. The molecule has 0 aliphatic carbocycles. The topological polar surface area (TPSA) is 95.5 Å². The predicted molar refractivity (Wildman–Crippen MR) is 101 cm³/mol.